The number of halogens is 1. The van der Waals surface area contributed by atoms with E-state index in [1.165, 1.54) is 10.9 Å². The van der Waals surface area contributed by atoms with E-state index < -0.39 is 5.97 Å². The average Bonchev–Trinajstić information content (AvgIpc) is 2.80. The molecule has 0 saturated heterocycles. The highest BCUT2D eigenvalue weighted by Gasteiger charge is 2.08. The summed E-state index contributed by atoms with van der Waals surface area (Å²) in [5, 5.41) is 16.7. The van der Waals surface area contributed by atoms with Crippen LogP contribution in [-0.2, 0) is 6.54 Å². The first-order chi connectivity index (χ1) is 8.66. The maximum atomic E-state index is 10.6. The molecule has 0 aliphatic carbocycles. The third-order valence-electron chi connectivity index (χ3n) is 2.17. The van der Waals surface area contributed by atoms with Gasteiger partial charge < -0.3 is 5.11 Å². The third kappa shape index (κ3) is 3.24. The van der Waals surface area contributed by atoms with Crippen molar-refractivity contribution in [1.29, 1.82) is 0 Å². The molecule has 1 heterocycles. The summed E-state index contributed by atoms with van der Waals surface area (Å²) >= 11 is 7.61. The maximum absolute atomic E-state index is 10.6. The van der Waals surface area contributed by atoms with E-state index in [0.29, 0.717) is 11.6 Å². The number of benzene rings is 1. The molecule has 0 amide bonds. The van der Waals surface area contributed by atoms with Crippen molar-refractivity contribution in [1.82, 2.24) is 15.0 Å². The second-order valence-corrected chi connectivity index (χ2v) is 4.99. The largest absolute Gasteiger partial charge is 0.476 e. The van der Waals surface area contributed by atoms with E-state index in [9.17, 15) is 4.79 Å². The number of aryl methyl sites for hydroxylation is 1. The predicted octanol–water partition coefficient (Wildman–Crippen LogP) is 2.42. The van der Waals surface area contributed by atoms with Gasteiger partial charge in [0, 0.05) is 10.6 Å². The van der Waals surface area contributed by atoms with Gasteiger partial charge in [-0.15, -0.1) is 16.9 Å². The molecule has 0 aliphatic rings. The van der Waals surface area contributed by atoms with E-state index in [4.69, 9.17) is 16.7 Å². The standard InChI is InChI=1S/C11H10ClN3O2S/c12-8-3-1-2-4-10(8)18-6-5-15-7-9(11(16)17)13-14-15/h1-4,7H,5-6H2,(H,16,17). The molecule has 0 unspecified atom stereocenters. The number of carbonyl (C=O) groups is 1. The highest BCUT2D eigenvalue weighted by Crippen LogP contribution is 2.26. The molecule has 1 N–H and O–H groups in total. The summed E-state index contributed by atoms with van der Waals surface area (Å²) in [4.78, 5) is 11.6. The molecule has 94 valence electrons. The van der Waals surface area contributed by atoms with Crippen LogP contribution in [0.15, 0.2) is 35.4 Å². The van der Waals surface area contributed by atoms with E-state index >= 15 is 0 Å². The minimum Gasteiger partial charge on any atom is -0.476 e. The number of carboxylic acid groups (broad SMARTS) is 1. The zero-order valence-corrected chi connectivity index (χ0v) is 10.9. The van der Waals surface area contributed by atoms with Crippen molar-refractivity contribution >= 4 is 29.3 Å². The zero-order valence-electron chi connectivity index (χ0n) is 9.28. The van der Waals surface area contributed by atoms with Crippen molar-refractivity contribution in [3.63, 3.8) is 0 Å². The van der Waals surface area contributed by atoms with Crippen molar-refractivity contribution in [3.8, 4) is 0 Å². The first-order valence-electron chi connectivity index (χ1n) is 5.17. The minimum atomic E-state index is -1.07. The summed E-state index contributed by atoms with van der Waals surface area (Å²) in [6.45, 7) is 0.580. The van der Waals surface area contributed by atoms with Gasteiger partial charge in [0.1, 0.15) is 0 Å². The second-order valence-electron chi connectivity index (χ2n) is 3.45. The Labute approximate surface area is 113 Å². The van der Waals surface area contributed by atoms with Gasteiger partial charge in [-0.3, -0.25) is 4.68 Å². The molecule has 1 aromatic carbocycles. The van der Waals surface area contributed by atoms with Crippen LogP contribution in [0.25, 0.3) is 0 Å². The maximum Gasteiger partial charge on any atom is 0.358 e. The molecular formula is C11H10ClN3O2S. The van der Waals surface area contributed by atoms with Crippen molar-refractivity contribution < 1.29 is 9.90 Å². The molecule has 7 heteroatoms. The molecule has 1 aromatic heterocycles. The number of aromatic nitrogens is 3. The van der Waals surface area contributed by atoms with E-state index in [0.717, 1.165) is 10.6 Å². The summed E-state index contributed by atoms with van der Waals surface area (Å²) in [7, 11) is 0. The highest BCUT2D eigenvalue weighted by atomic mass is 35.5. The molecule has 0 fully saturated rings. The fourth-order valence-corrected chi connectivity index (χ4v) is 2.49. The Morgan fingerprint density at radius 2 is 2.22 bits per heavy atom. The Bertz CT molecular complexity index is 559. The smallest absolute Gasteiger partial charge is 0.358 e. The van der Waals surface area contributed by atoms with Crippen LogP contribution in [0.3, 0.4) is 0 Å². The van der Waals surface area contributed by atoms with Gasteiger partial charge in [0.05, 0.1) is 17.8 Å². The molecule has 0 aliphatic heterocycles. The highest BCUT2D eigenvalue weighted by molar-refractivity contribution is 7.99. The summed E-state index contributed by atoms with van der Waals surface area (Å²) in [5.41, 5.74) is -0.0438. The number of thioether (sulfide) groups is 1. The van der Waals surface area contributed by atoms with Crippen LogP contribution in [0.2, 0.25) is 5.02 Å². The Morgan fingerprint density at radius 1 is 1.44 bits per heavy atom. The number of hydrogen-bond donors (Lipinski definition) is 1. The van der Waals surface area contributed by atoms with Gasteiger partial charge in [0.25, 0.3) is 0 Å². The second kappa shape index (κ2) is 5.88. The van der Waals surface area contributed by atoms with Gasteiger partial charge in [-0.1, -0.05) is 28.9 Å². The molecular weight excluding hydrogens is 274 g/mol. The van der Waals surface area contributed by atoms with Gasteiger partial charge in [0.2, 0.25) is 0 Å². The fourth-order valence-electron chi connectivity index (χ4n) is 1.32. The Kier molecular flexibility index (Phi) is 4.22. The molecule has 2 aromatic rings. The molecule has 0 saturated carbocycles. The van der Waals surface area contributed by atoms with E-state index in [-0.39, 0.29) is 5.69 Å². The zero-order chi connectivity index (χ0) is 13.0. The summed E-state index contributed by atoms with van der Waals surface area (Å²) in [6.07, 6.45) is 1.41. The van der Waals surface area contributed by atoms with Crippen LogP contribution in [0.1, 0.15) is 10.5 Å². The normalized spacial score (nSPS) is 10.5. The van der Waals surface area contributed by atoms with Crippen LogP contribution in [-0.4, -0.2) is 31.8 Å². The quantitative estimate of drug-likeness (QED) is 0.854. The van der Waals surface area contributed by atoms with E-state index in [2.05, 4.69) is 10.3 Å². The van der Waals surface area contributed by atoms with E-state index in [1.54, 1.807) is 11.8 Å². The number of hydrogen-bond acceptors (Lipinski definition) is 4. The van der Waals surface area contributed by atoms with Crippen molar-refractivity contribution in [2.75, 3.05) is 5.75 Å². The Balaban J connectivity index is 1.88. The van der Waals surface area contributed by atoms with Crippen LogP contribution in [0.5, 0.6) is 0 Å². The fraction of sp³-hybridized carbons (Fsp3) is 0.182. The average molecular weight is 284 g/mol. The lowest BCUT2D eigenvalue weighted by Crippen LogP contribution is -2.01. The van der Waals surface area contributed by atoms with Crippen LogP contribution < -0.4 is 0 Å². The third-order valence-corrected chi connectivity index (χ3v) is 3.67. The minimum absolute atomic E-state index is 0.0438. The number of nitrogens with zero attached hydrogens (tertiary/aromatic N) is 3. The molecule has 0 bridgehead atoms. The molecule has 0 atom stereocenters. The van der Waals surface area contributed by atoms with Crippen LogP contribution in [0.4, 0.5) is 0 Å². The van der Waals surface area contributed by atoms with Gasteiger partial charge in [-0.25, -0.2) is 4.79 Å². The summed E-state index contributed by atoms with van der Waals surface area (Å²) < 4.78 is 1.51. The lowest BCUT2D eigenvalue weighted by molar-refractivity contribution is 0.0690. The lowest BCUT2D eigenvalue weighted by atomic mass is 10.4. The number of rotatable bonds is 5. The first kappa shape index (κ1) is 12.9. The topological polar surface area (TPSA) is 68.0 Å². The van der Waals surface area contributed by atoms with E-state index in [1.807, 2.05) is 24.3 Å². The Morgan fingerprint density at radius 3 is 2.89 bits per heavy atom. The first-order valence-corrected chi connectivity index (χ1v) is 6.54. The predicted molar refractivity (Wildman–Crippen MR) is 69.2 cm³/mol. The molecule has 18 heavy (non-hydrogen) atoms. The van der Waals surface area contributed by atoms with Gasteiger partial charge in [0.15, 0.2) is 5.69 Å². The van der Waals surface area contributed by atoms with Gasteiger partial charge in [-0.2, -0.15) is 0 Å². The SMILES string of the molecule is O=C(O)c1cn(CCSc2ccccc2Cl)nn1. The van der Waals surface area contributed by atoms with Crippen molar-refractivity contribution in [2.45, 2.75) is 11.4 Å². The monoisotopic (exact) mass is 283 g/mol. The van der Waals surface area contributed by atoms with Gasteiger partial charge in [-0.05, 0) is 12.1 Å². The molecule has 0 spiro atoms. The van der Waals surface area contributed by atoms with Gasteiger partial charge >= 0.3 is 5.97 Å². The summed E-state index contributed by atoms with van der Waals surface area (Å²) in [5.74, 6) is -0.327. The molecule has 5 nitrogen and oxygen atoms in total. The Hall–Kier alpha value is -1.53. The van der Waals surface area contributed by atoms with Crippen molar-refractivity contribution in [3.05, 3.63) is 41.2 Å². The number of carboxylic acids is 1. The summed E-state index contributed by atoms with van der Waals surface area (Å²) in [6, 6.07) is 7.58. The van der Waals surface area contributed by atoms with Crippen LogP contribution >= 0.6 is 23.4 Å². The molecule has 0 radical (unpaired) electrons. The number of aromatic carboxylic acids is 1. The van der Waals surface area contributed by atoms with Crippen molar-refractivity contribution in [2.24, 2.45) is 0 Å². The molecule has 2 rings (SSSR count). The van der Waals surface area contributed by atoms with Crippen LogP contribution in [0, 0.1) is 0 Å². The lowest BCUT2D eigenvalue weighted by Gasteiger charge is -2.03.